The van der Waals surface area contributed by atoms with Gasteiger partial charge in [-0.25, -0.2) is 23.1 Å². The number of fused-ring (bicyclic) bond motifs is 1. The molecule has 4 heterocycles. The number of alkyl halides is 1. The summed E-state index contributed by atoms with van der Waals surface area (Å²) >= 11 is 0. The number of nitrogens with zero attached hydrogens (tertiary/aromatic N) is 4. The average Bonchev–Trinajstić information content (AvgIpc) is 3.41. The van der Waals surface area contributed by atoms with Crippen LogP contribution in [0.5, 0.6) is 0 Å². The van der Waals surface area contributed by atoms with E-state index in [-0.39, 0.29) is 43.0 Å². The Balaban J connectivity index is 1.46. The molecule has 3 aliphatic heterocycles. The number of nitrogens with one attached hydrogen (secondary N) is 1. The summed E-state index contributed by atoms with van der Waals surface area (Å²) in [6.45, 7) is 1.99. The molecule has 4 atom stereocenters. The highest BCUT2D eigenvalue weighted by atomic mass is 19.1. The summed E-state index contributed by atoms with van der Waals surface area (Å²) in [7, 11) is 0. The molecule has 0 unspecified atom stereocenters. The van der Waals surface area contributed by atoms with Gasteiger partial charge in [0.1, 0.15) is 35.7 Å². The lowest BCUT2D eigenvalue weighted by Gasteiger charge is -2.29. The van der Waals surface area contributed by atoms with Gasteiger partial charge in [-0.1, -0.05) is 0 Å². The molecular formula is C23H24F3N5O3. The zero-order valence-electron chi connectivity index (χ0n) is 18.5. The Morgan fingerprint density at radius 3 is 2.91 bits per heavy atom. The van der Waals surface area contributed by atoms with Crippen molar-refractivity contribution in [1.29, 1.82) is 0 Å². The zero-order valence-corrected chi connectivity index (χ0v) is 18.5. The quantitative estimate of drug-likeness (QED) is 0.704. The number of aliphatic hydroxyl groups is 1. The number of ether oxygens (including phenoxy) is 1. The number of carbonyl (C=O) groups excluding carboxylic acids is 1. The Bertz CT molecular complexity index is 1160. The van der Waals surface area contributed by atoms with Crippen LogP contribution in [0.25, 0.3) is 0 Å². The molecule has 1 amide bonds. The molecule has 180 valence electrons. The van der Waals surface area contributed by atoms with Gasteiger partial charge in [-0.2, -0.15) is 0 Å². The van der Waals surface area contributed by atoms with Crippen LogP contribution in [0.1, 0.15) is 41.3 Å². The van der Waals surface area contributed by atoms with E-state index in [1.807, 2.05) is 0 Å². The minimum atomic E-state index is -1.39. The average molecular weight is 475 g/mol. The molecule has 1 aromatic carbocycles. The highest BCUT2D eigenvalue weighted by molar-refractivity contribution is 6.47. The van der Waals surface area contributed by atoms with E-state index in [0.29, 0.717) is 30.1 Å². The van der Waals surface area contributed by atoms with Gasteiger partial charge in [-0.05, 0) is 31.0 Å². The summed E-state index contributed by atoms with van der Waals surface area (Å²) in [4.78, 5) is 27.6. The number of hydrogen-bond donors (Lipinski definition) is 2. The number of anilines is 1. The number of aromatic nitrogens is 2. The number of halogens is 3. The largest absolute Gasteiger partial charge is 0.391 e. The number of aryl methyl sites for hydroxylation is 1. The molecule has 2 fully saturated rings. The summed E-state index contributed by atoms with van der Waals surface area (Å²) in [6.07, 6.45) is -0.407. The van der Waals surface area contributed by atoms with Crippen molar-refractivity contribution in [3.8, 4) is 0 Å². The summed E-state index contributed by atoms with van der Waals surface area (Å²) in [5.74, 6) is -1.61. The maximum atomic E-state index is 14.9. The van der Waals surface area contributed by atoms with E-state index in [4.69, 9.17) is 4.74 Å². The molecule has 0 bridgehead atoms. The molecule has 5 rings (SSSR count). The molecule has 2 saturated heterocycles. The Hall–Kier alpha value is -3.05. The van der Waals surface area contributed by atoms with Gasteiger partial charge in [0.05, 0.1) is 49.1 Å². The predicted octanol–water partition coefficient (Wildman–Crippen LogP) is 2.24. The Morgan fingerprint density at radius 1 is 1.29 bits per heavy atom. The molecular weight excluding hydrogens is 451 g/mol. The van der Waals surface area contributed by atoms with E-state index < -0.39 is 41.9 Å². The molecule has 2 aromatic rings. The maximum Gasteiger partial charge on any atom is 0.273 e. The standard InChI is InChI=1S/C23H24F3N5O3/c1-11-4-12(24)5-14(20(11)26)17-6-13(25)8-31(17)23(33)21-19-15(7-27-21)28-10-29-22(19)30-16-9-34-3-2-18(16)32/h4-5,10,13,16-18,32H,2-3,6-9H2,1H3,(H,28,29,30)/t13-,16+,17+,18+/m0/s1. The van der Waals surface area contributed by atoms with E-state index in [1.165, 1.54) is 18.2 Å². The molecule has 3 aliphatic rings. The predicted molar refractivity (Wildman–Crippen MR) is 116 cm³/mol. The van der Waals surface area contributed by atoms with Crippen molar-refractivity contribution >= 4 is 17.4 Å². The normalized spacial score (nSPS) is 26.4. The third-order valence-corrected chi connectivity index (χ3v) is 6.51. The highest BCUT2D eigenvalue weighted by Crippen LogP contribution is 2.37. The van der Waals surface area contributed by atoms with Gasteiger partial charge in [-0.3, -0.25) is 9.79 Å². The van der Waals surface area contributed by atoms with Crippen LogP contribution in [0.15, 0.2) is 23.5 Å². The van der Waals surface area contributed by atoms with Gasteiger partial charge < -0.3 is 20.1 Å². The van der Waals surface area contributed by atoms with Crippen molar-refractivity contribution in [2.75, 3.05) is 25.1 Å². The third-order valence-electron chi connectivity index (χ3n) is 6.51. The van der Waals surface area contributed by atoms with E-state index in [1.54, 1.807) is 0 Å². The SMILES string of the molecule is Cc1cc(F)cc([C@H]2C[C@H](F)CN2C(=O)C2=NCc3ncnc(N[C@@H]4COCC[C@H]4O)c32)c1F. The molecule has 0 aliphatic carbocycles. The first kappa shape index (κ1) is 22.7. The number of amides is 1. The van der Waals surface area contributed by atoms with Crippen molar-refractivity contribution in [3.05, 3.63) is 52.5 Å². The van der Waals surface area contributed by atoms with Crippen LogP contribution in [0.4, 0.5) is 19.0 Å². The van der Waals surface area contributed by atoms with Gasteiger partial charge in [0.2, 0.25) is 0 Å². The van der Waals surface area contributed by atoms with Crippen LogP contribution in [0.3, 0.4) is 0 Å². The Labute approximate surface area is 193 Å². The second-order valence-electron chi connectivity index (χ2n) is 8.82. The number of hydrogen-bond acceptors (Lipinski definition) is 7. The minimum absolute atomic E-state index is 0.0250. The van der Waals surface area contributed by atoms with Gasteiger partial charge in [0.15, 0.2) is 0 Å². The van der Waals surface area contributed by atoms with E-state index in [0.717, 1.165) is 12.1 Å². The molecule has 0 spiro atoms. The zero-order chi connectivity index (χ0) is 24.0. The molecule has 0 radical (unpaired) electrons. The van der Waals surface area contributed by atoms with E-state index in [2.05, 4.69) is 20.3 Å². The number of likely N-dealkylation sites (tertiary alicyclic amines) is 1. The van der Waals surface area contributed by atoms with Crippen molar-refractivity contribution < 1.29 is 27.8 Å². The van der Waals surface area contributed by atoms with Crippen LogP contribution >= 0.6 is 0 Å². The number of carbonyl (C=O) groups is 1. The molecule has 2 N–H and O–H groups in total. The van der Waals surface area contributed by atoms with Crippen molar-refractivity contribution in [2.24, 2.45) is 4.99 Å². The number of aliphatic hydroxyl groups excluding tert-OH is 1. The molecule has 34 heavy (non-hydrogen) atoms. The minimum Gasteiger partial charge on any atom is -0.391 e. The Kier molecular flexibility index (Phi) is 5.98. The van der Waals surface area contributed by atoms with Crippen LogP contribution in [-0.4, -0.2) is 69.7 Å². The summed E-state index contributed by atoms with van der Waals surface area (Å²) in [6, 6.07) is 0.654. The highest BCUT2D eigenvalue weighted by Gasteiger charge is 2.42. The lowest BCUT2D eigenvalue weighted by molar-refractivity contribution is -0.125. The van der Waals surface area contributed by atoms with Crippen LogP contribution in [-0.2, 0) is 16.1 Å². The van der Waals surface area contributed by atoms with Gasteiger partial charge in [0.25, 0.3) is 5.91 Å². The maximum absolute atomic E-state index is 14.9. The summed E-state index contributed by atoms with van der Waals surface area (Å²) in [5, 5.41) is 13.4. The summed E-state index contributed by atoms with van der Waals surface area (Å²) < 4.78 is 48.8. The van der Waals surface area contributed by atoms with Crippen molar-refractivity contribution in [2.45, 2.75) is 50.7 Å². The van der Waals surface area contributed by atoms with E-state index >= 15 is 0 Å². The molecule has 0 saturated carbocycles. The molecule has 11 heteroatoms. The molecule has 1 aromatic heterocycles. The van der Waals surface area contributed by atoms with Crippen LogP contribution in [0, 0.1) is 18.6 Å². The Morgan fingerprint density at radius 2 is 2.12 bits per heavy atom. The fourth-order valence-corrected chi connectivity index (χ4v) is 4.78. The third kappa shape index (κ3) is 4.03. The fourth-order valence-electron chi connectivity index (χ4n) is 4.78. The second kappa shape index (κ2) is 8.95. The van der Waals surface area contributed by atoms with E-state index in [9.17, 15) is 23.1 Å². The monoisotopic (exact) mass is 475 g/mol. The van der Waals surface area contributed by atoms with Gasteiger partial charge >= 0.3 is 0 Å². The molecule has 8 nitrogen and oxygen atoms in total. The van der Waals surface area contributed by atoms with Gasteiger partial charge in [-0.15, -0.1) is 0 Å². The van der Waals surface area contributed by atoms with Crippen molar-refractivity contribution in [3.63, 3.8) is 0 Å². The smallest absolute Gasteiger partial charge is 0.273 e. The first-order chi connectivity index (χ1) is 16.3. The number of benzene rings is 1. The summed E-state index contributed by atoms with van der Waals surface area (Å²) in [5.41, 5.74) is 0.919. The number of rotatable bonds is 4. The second-order valence-corrected chi connectivity index (χ2v) is 8.82. The number of aliphatic imine (C=N–C) groups is 1. The van der Waals surface area contributed by atoms with Crippen LogP contribution in [0.2, 0.25) is 0 Å². The van der Waals surface area contributed by atoms with Crippen LogP contribution < -0.4 is 5.32 Å². The van der Waals surface area contributed by atoms with Crippen molar-refractivity contribution in [1.82, 2.24) is 14.9 Å². The van der Waals surface area contributed by atoms with Gasteiger partial charge in [0, 0.05) is 18.6 Å². The first-order valence-corrected chi connectivity index (χ1v) is 11.1. The lowest BCUT2D eigenvalue weighted by Crippen LogP contribution is -2.43. The topological polar surface area (TPSA) is 99.9 Å². The first-order valence-electron chi connectivity index (χ1n) is 11.1. The fraction of sp³-hybridized carbons (Fsp3) is 0.478. The lowest BCUT2D eigenvalue weighted by atomic mass is 10.00.